The molecule has 2 atom stereocenters. The molecule has 0 fully saturated rings. The minimum Gasteiger partial charge on any atom is -0.484 e. The number of sulfonamides is 1. The fourth-order valence-corrected chi connectivity index (χ4v) is 5.08. The summed E-state index contributed by atoms with van der Waals surface area (Å²) >= 11 is 0. The number of ether oxygens (including phenoxy) is 1. The Balaban J connectivity index is 1.58. The standard InChI is InChI=1S/C25H23F4N3O3S/c1-17(31-36(33,34)14-13-25(27,28)29)24(18-5-3-2-4-6-18)35-22-11-12-23-19(15-22)16-30-32(23)21-9-7-20(26)8-10-21/h2-12,15-17,24,31H,13-14H2,1H3/t17-,24+/m0/s1. The SMILES string of the molecule is C[C@H](NS(=O)(=O)CCC(F)(F)F)[C@@H](Oc1ccc2c(cnn2-c2ccc(F)cc2)c1)c1ccccc1. The zero-order valence-corrected chi connectivity index (χ0v) is 19.9. The second kappa shape index (κ2) is 10.3. The van der Waals surface area contributed by atoms with Crippen molar-refractivity contribution in [1.29, 1.82) is 0 Å². The Hall–Kier alpha value is -3.44. The minimum atomic E-state index is -4.58. The molecule has 3 aromatic carbocycles. The number of hydrogen-bond acceptors (Lipinski definition) is 4. The van der Waals surface area contributed by atoms with Crippen LogP contribution in [-0.4, -0.2) is 36.2 Å². The topological polar surface area (TPSA) is 73.2 Å². The number of nitrogens with zero attached hydrogens (tertiary/aromatic N) is 2. The van der Waals surface area contributed by atoms with Gasteiger partial charge in [-0.15, -0.1) is 0 Å². The normalized spacial score (nSPS) is 14.0. The van der Waals surface area contributed by atoms with Gasteiger partial charge in [0.15, 0.2) is 0 Å². The number of aromatic nitrogens is 2. The molecule has 0 spiro atoms. The van der Waals surface area contributed by atoms with Gasteiger partial charge in [0.2, 0.25) is 10.0 Å². The molecule has 0 amide bonds. The summed E-state index contributed by atoms with van der Waals surface area (Å²) in [6.07, 6.45) is -5.23. The summed E-state index contributed by atoms with van der Waals surface area (Å²) in [5, 5.41) is 5.08. The Morgan fingerprint density at radius 3 is 2.39 bits per heavy atom. The highest BCUT2D eigenvalue weighted by Crippen LogP contribution is 2.29. The van der Waals surface area contributed by atoms with E-state index in [4.69, 9.17) is 4.74 Å². The first-order chi connectivity index (χ1) is 17.0. The highest BCUT2D eigenvalue weighted by molar-refractivity contribution is 7.89. The summed E-state index contributed by atoms with van der Waals surface area (Å²) in [7, 11) is -4.21. The summed E-state index contributed by atoms with van der Waals surface area (Å²) in [5.41, 5.74) is 2.06. The monoisotopic (exact) mass is 521 g/mol. The molecule has 0 aliphatic carbocycles. The number of rotatable bonds is 9. The van der Waals surface area contributed by atoms with Crippen molar-refractivity contribution in [1.82, 2.24) is 14.5 Å². The third-order valence-corrected chi connectivity index (χ3v) is 6.95. The number of alkyl halides is 3. The van der Waals surface area contributed by atoms with E-state index in [1.165, 1.54) is 19.1 Å². The molecule has 0 aliphatic heterocycles. The van der Waals surface area contributed by atoms with Crippen LogP contribution in [0, 0.1) is 5.82 Å². The molecular formula is C25H23F4N3O3S. The van der Waals surface area contributed by atoms with Crippen LogP contribution in [0.4, 0.5) is 17.6 Å². The van der Waals surface area contributed by atoms with Crippen LogP contribution in [0.25, 0.3) is 16.6 Å². The first-order valence-corrected chi connectivity index (χ1v) is 12.7. The molecule has 0 unspecified atom stereocenters. The molecule has 4 rings (SSSR count). The second-order valence-corrected chi connectivity index (χ2v) is 10.2. The average Bonchev–Trinajstić information content (AvgIpc) is 3.25. The molecule has 0 aliphatic rings. The van der Waals surface area contributed by atoms with Crippen molar-refractivity contribution < 1.29 is 30.7 Å². The van der Waals surface area contributed by atoms with Gasteiger partial charge in [0, 0.05) is 5.39 Å². The lowest BCUT2D eigenvalue weighted by molar-refractivity contribution is -0.130. The van der Waals surface area contributed by atoms with Crippen LogP contribution in [0.3, 0.4) is 0 Å². The lowest BCUT2D eigenvalue weighted by Crippen LogP contribution is -2.40. The Bertz CT molecular complexity index is 1420. The molecule has 6 nitrogen and oxygen atoms in total. The lowest BCUT2D eigenvalue weighted by atomic mass is 10.0. The van der Waals surface area contributed by atoms with Gasteiger partial charge in [-0.1, -0.05) is 30.3 Å². The van der Waals surface area contributed by atoms with E-state index in [-0.39, 0.29) is 5.82 Å². The van der Waals surface area contributed by atoms with Crippen LogP contribution in [-0.2, 0) is 10.0 Å². The van der Waals surface area contributed by atoms with Crippen LogP contribution >= 0.6 is 0 Å². The maximum atomic E-state index is 13.3. The first kappa shape index (κ1) is 25.6. The number of benzene rings is 3. The highest BCUT2D eigenvalue weighted by Gasteiger charge is 2.32. The van der Waals surface area contributed by atoms with E-state index >= 15 is 0 Å². The third kappa shape index (κ3) is 6.41. The van der Waals surface area contributed by atoms with Gasteiger partial charge < -0.3 is 4.74 Å². The largest absolute Gasteiger partial charge is 0.484 e. The molecular weight excluding hydrogens is 498 g/mol. The molecule has 1 heterocycles. The van der Waals surface area contributed by atoms with E-state index in [2.05, 4.69) is 9.82 Å². The van der Waals surface area contributed by atoms with Gasteiger partial charge in [0.1, 0.15) is 17.7 Å². The van der Waals surface area contributed by atoms with E-state index in [9.17, 15) is 26.0 Å². The molecule has 0 saturated heterocycles. The molecule has 4 aromatic rings. The molecule has 36 heavy (non-hydrogen) atoms. The van der Waals surface area contributed by atoms with Crippen molar-refractivity contribution in [2.45, 2.75) is 31.7 Å². The summed E-state index contributed by atoms with van der Waals surface area (Å²) in [5.74, 6) is -1.02. The summed E-state index contributed by atoms with van der Waals surface area (Å²) in [6, 6.07) is 19.0. The molecule has 1 N–H and O–H groups in total. The van der Waals surface area contributed by atoms with E-state index in [0.29, 0.717) is 17.0 Å². The molecule has 11 heteroatoms. The number of nitrogens with one attached hydrogen (secondary N) is 1. The first-order valence-electron chi connectivity index (χ1n) is 11.0. The van der Waals surface area contributed by atoms with Crippen LogP contribution < -0.4 is 9.46 Å². The summed E-state index contributed by atoms with van der Waals surface area (Å²) in [6.45, 7) is 1.54. The molecule has 190 valence electrons. The zero-order valence-electron chi connectivity index (χ0n) is 19.1. The maximum absolute atomic E-state index is 13.3. The van der Waals surface area contributed by atoms with Crippen LogP contribution in [0.15, 0.2) is 79.0 Å². The van der Waals surface area contributed by atoms with Gasteiger partial charge in [0.05, 0.1) is 35.6 Å². The van der Waals surface area contributed by atoms with Crippen molar-refractivity contribution >= 4 is 20.9 Å². The average molecular weight is 522 g/mol. The van der Waals surface area contributed by atoms with Crippen molar-refractivity contribution in [3.05, 3.63) is 90.4 Å². The van der Waals surface area contributed by atoms with Gasteiger partial charge in [-0.2, -0.15) is 18.3 Å². The van der Waals surface area contributed by atoms with Crippen LogP contribution in [0.5, 0.6) is 5.75 Å². The zero-order chi connectivity index (χ0) is 25.9. The van der Waals surface area contributed by atoms with Crippen molar-refractivity contribution in [2.75, 3.05) is 5.75 Å². The molecule has 0 bridgehead atoms. The van der Waals surface area contributed by atoms with Gasteiger partial charge in [0.25, 0.3) is 0 Å². The van der Waals surface area contributed by atoms with Gasteiger partial charge in [-0.05, 0) is 55.0 Å². The predicted octanol–water partition coefficient (Wildman–Crippen LogP) is 5.55. The van der Waals surface area contributed by atoms with Crippen molar-refractivity contribution in [3.63, 3.8) is 0 Å². The fourth-order valence-electron chi connectivity index (χ4n) is 3.77. The minimum absolute atomic E-state index is 0.360. The fraction of sp³-hybridized carbons (Fsp3) is 0.240. The quantitative estimate of drug-likeness (QED) is 0.294. The second-order valence-electron chi connectivity index (χ2n) is 8.29. The van der Waals surface area contributed by atoms with E-state index in [1.54, 1.807) is 71.5 Å². The third-order valence-electron chi connectivity index (χ3n) is 5.48. The highest BCUT2D eigenvalue weighted by atomic mass is 32.2. The number of hydrogen-bond donors (Lipinski definition) is 1. The van der Waals surface area contributed by atoms with Gasteiger partial charge >= 0.3 is 6.18 Å². The Morgan fingerprint density at radius 1 is 1.03 bits per heavy atom. The van der Waals surface area contributed by atoms with Crippen LogP contribution in [0.2, 0.25) is 0 Å². The lowest BCUT2D eigenvalue weighted by Gasteiger charge is -2.26. The molecule has 0 saturated carbocycles. The Kier molecular flexibility index (Phi) is 7.32. The van der Waals surface area contributed by atoms with Crippen molar-refractivity contribution in [2.24, 2.45) is 0 Å². The predicted molar refractivity (Wildman–Crippen MR) is 128 cm³/mol. The van der Waals surface area contributed by atoms with Crippen LogP contribution in [0.1, 0.15) is 25.0 Å². The molecule has 1 aromatic heterocycles. The van der Waals surface area contributed by atoms with Gasteiger partial charge in [-0.25, -0.2) is 22.2 Å². The van der Waals surface area contributed by atoms with Gasteiger partial charge in [-0.3, -0.25) is 0 Å². The van der Waals surface area contributed by atoms with E-state index in [0.717, 1.165) is 10.9 Å². The Morgan fingerprint density at radius 2 is 1.72 bits per heavy atom. The number of fused-ring (bicyclic) bond motifs is 1. The summed E-state index contributed by atoms with van der Waals surface area (Å²) < 4.78 is 85.7. The Labute approximate surface area is 205 Å². The van der Waals surface area contributed by atoms with Crippen molar-refractivity contribution in [3.8, 4) is 11.4 Å². The maximum Gasteiger partial charge on any atom is 0.390 e. The smallest absolute Gasteiger partial charge is 0.390 e. The molecule has 0 radical (unpaired) electrons. The summed E-state index contributed by atoms with van der Waals surface area (Å²) in [4.78, 5) is 0. The number of halogens is 4. The van der Waals surface area contributed by atoms with E-state index < -0.39 is 40.5 Å². The van der Waals surface area contributed by atoms with E-state index in [1.807, 2.05) is 0 Å².